The number of Topliss-reactive ketones (excluding diaryl/α,β-unsaturated/α-hetero) is 1. The zero-order valence-corrected chi connectivity index (χ0v) is 59.8. The van der Waals surface area contributed by atoms with Crippen molar-refractivity contribution in [3.05, 3.63) is 213 Å². The lowest BCUT2D eigenvalue weighted by atomic mass is 9.44. The van der Waals surface area contributed by atoms with Crippen molar-refractivity contribution in [2.24, 2.45) is 16.7 Å². The number of aromatic nitrogens is 2. The lowest BCUT2D eigenvalue weighted by molar-refractivity contribution is -0.346. The summed E-state index contributed by atoms with van der Waals surface area (Å²) >= 11 is 11.7. The molecule has 5 aliphatic rings. The van der Waals surface area contributed by atoms with Crippen molar-refractivity contribution in [2.75, 3.05) is 53.6 Å². The molecule has 0 radical (unpaired) electrons. The number of ketones is 1. The van der Waals surface area contributed by atoms with Gasteiger partial charge in [0.05, 0.1) is 53.2 Å². The van der Waals surface area contributed by atoms with Crippen molar-refractivity contribution in [1.29, 1.82) is 0 Å². The number of fused-ring (bicyclic) bond motifs is 6. The monoisotopic (exact) mass is 1440 g/mol. The van der Waals surface area contributed by atoms with E-state index >= 15 is 4.79 Å². The van der Waals surface area contributed by atoms with Gasteiger partial charge in [-0.1, -0.05) is 128 Å². The van der Waals surface area contributed by atoms with Crippen molar-refractivity contribution in [1.82, 2.24) is 24.7 Å². The fourth-order valence-corrected chi connectivity index (χ4v) is 14.8. The zero-order chi connectivity index (χ0) is 73.3. The van der Waals surface area contributed by atoms with Gasteiger partial charge in [0.1, 0.15) is 42.1 Å². The van der Waals surface area contributed by atoms with Gasteiger partial charge in [0.25, 0.3) is 5.91 Å². The summed E-state index contributed by atoms with van der Waals surface area (Å²) in [6.45, 7) is 13.1. The molecular weight excluding hydrogens is 1350 g/mol. The van der Waals surface area contributed by atoms with Gasteiger partial charge in [0, 0.05) is 60.8 Å². The highest BCUT2D eigenvalue weighted by molar-refractivity contribution is 6.30. The van der Waals surface area contributed by atoms with Crippen LogP contribution in [0.25, 0.3) is 11.0 Å². The molecule has 3 heterocycles. The van der Waals surface area contributed by atoms with Gasteiger partial charge in [0.2, 0.25) is 0 Å². The number of benzene rings is 6. The van der Waals surface area contributed by atoms with E-state index < -0.39 is 113 Å². The summed E-state index contributed by atoms with van der Waals surface area (Å²) in [5.74, 6) is -5.46. The number of aliphatic hydroxyl groups is 3. The van der Waals surface area contributed by atoms with Gasteiger partial charge < -0.3 is 63.3 Å². The molecule has 0 unspecified atom stereocenters. The molecule has 12 rings (SSSR count). The number of esters is 5. The number of imidazole rings is 1. The van der Waals surface area contributed by atoms with Crippen molar-refractivity contribution in [3.63, 3.8) is 0 Å². The lowest BCUT2D eigenvalue weighted by Crippen LogP contribution is -2.82. The number of nitrogens with one attached hydrogen (secondary N) is 1. The third-order valence-corrected chi connectivity index (χ3v) is 20.5. The van der Waals surface area contributed by atoms with Gasteiger partial charge in [-0.25, -0.2) is 19.4 Å². The van der Waals surface area contributed by atoms with Gasteiger partial charge in [-0.05, 0) is 149 Å². The SMILES string of the molecule is CC(=O)O[C@H]1C(=O)[C@@]2(C)[C@H]([C@H](OC(=O)c3ccccc3)[C@]3(O)C[C@H](OC(=O)[C@H](O)[C@@H](NC(=O)c4ccccc4)c4ccccc4)C(C)=C1C3(C)C)[C@]1(OC(C)=O)CO[C@@H]1C[C@@H]2O.CN(C)CCOC(=O)COc1ccc(Cl)cc1.Clc1ccc(Cn2c(CN3CCCC3)nc3ccccc32)cc1. The number of nitrogens with zero attached hydrogens (tertiary/aromatic N) is 4. The van der Waals surface area contributed by atoms with E-state index in [2.05, 4.69) is 51.2 Å². The molecule has 1 amide bonds. The summed E-state index contributed by atoms with van der Waals surface area (Å²) in [5, 5.41) is 41.6. The first-order valence-electron chi connectivity index (χ1n) is 33.9. The normalized spacial score (nSPS) is 24.6. The van der Waals surface area contributed by atoms with Gasteiger partial charge in [0.15, 0.2) is 30.2 Å². The quantitative estimate of drug-likeness (QED) is 0.0314. The molecule has 2 bridgehead atoms. The average molecular weight is 1440 g/mol. The molecule has 6 aromatic carbocycles. The van der Waals surface area contributed by atoms with E-state index in [9.17, 15) is 44.1 Å². The van der Waals surface area contributed by atoms with Crippen LogP contribution in [0.5, 0.6) is 5.75 Å². The molecule has 4 N–H and O–H groups in total. The highest BCUT2D eigenvalue weighted by atomic mass is 35.5. The number of aliphatic hydroxyl groups excluding tert-OH is 2. The standard InChI is InChI=1S/C47H51NO14.C19H20ClN3.C12H16ClNO3/c1-25-31(60-43(56)36(52)35(28-16-10-7-11-17-28)48-41(54)29-18-12-8-13-19-29)23-47(57)40(61-42(55)30-20-14-9-15-21-30)38-45(6,32(51)22-33-46(38,24-58-33)62-27(3)50)39(53)37(59-26(2)49)34(25)44(47,4)5;20-16-9-7-15(8-10-16)13-23-18-6-2-1-5-17(18)21-19(23)14-22-11-3-4-12-22;1-14(2)7-8-16-12(15)9-17-11-5-3-10(13)4-6-11/h7-21,31-33,35-38,40,51-52,57H,22-24H2,1-6H3,(H,48,54);1-2,5-10H,3-4,11-14H2;3-6H,7-9H2,1-2H3/t31-,32-,33+,35-,36+,37+,38-,40-,45+,46-,47+;;/m0../s1. The molecular formula is C78H87Cl2N5O17. The van der Waals surface area contributed by atoms with Crippen LogP contribution >= 0.6 is 23.2 Å². The molecule has 2 saturated carbocycles. The van der Waals surface area contributed by atoms with Crippen LogP contribution in [0.2, 0.25) is 10.0 Å². The molecule has 1 aromatic heterocycles. The molecule has 24 heteroatoms. The van der Waals surface area contributed by atoms with Crippen LogP contribution in [-0.2, 0) is 65.5 Å². The fraction of sp³-hybridized carbons (Fsp3) is 0.410. The maximum atomic E-state index is 15.5. The summed E-state index contributed by atoms with van der Waals surface area (Å²) in [5.41, 5.74) is -3.48. The average Bonchev–Trinajstić information content (AvgIpc) is 0.756. The smallest absolute Gasteiger partial charge is 0.344 e. The molecule has 2 aliphatic heterocycles. The van der Waals surface area contributed by atoms with E-state index in [1.54, 1.807) is 117 Å². The third kappa shape index (κ3) is 16.6. The van der Waals surface area contributed by atoms with E-state index in [4.69, 9.17) is 61.3 Å². The summed E-state index contributed by atoms with van der Waals surface area (Å²) in [6, 6.07) is 46.2. The Balaban J connectivity index is 0.000000225. The van der Waals surface area contributed by atoms with Crippen LogP contribution in [0.15, 0.2) is 175 Å². The Bertz CT molecular complexity index is 4150. The summed E-state index contributed by atoms with van der Waals surface area (Å²) in [7, 11) is 3.83. The number of hydrogen-bond acceptors (Lipinski definition) is 20. The Hall–Kier alpha value is -8.84. The maximum Gasteiger partial charge on any atom is 0.344 e. The van der Waals surface area contributed by atoms with Crippen LogP contribution in [0, 0.1) is 16.7 Å². The number of likely N-dealkylation sites (N-methyl/N-ethyl adjacent to an activating group) is 1. The van der Waals surface area contributed by atoms with Crippen LogP contribution in [0.3, 0.4) is 0 Å². The van der Waals surface area contributed by atoms with Gasteiger partial charge in [-0.2, -0.15) is 0 Å². The Labute approximate surface area is 602 Å². The number of halogens is 2. The predicted molar refractivity (Wildman–Crippen MR) is 379 cm³/mol. The Morgan fingerprint density at radius 2 is 1.35 bits per heavy atom. The first kappa shape index (κ1) is 75.8. The lowest BCUT2D eigenvalue weighted by Gasteiger charge is -2.67. The molecule has 540 valence electrons. The minimum atomic E-state index is -2.39. The first-order valence-corrected chi connectivity index (χ1v) is 34.7. The summed E-state index contributed by atoms with van der Waals surface area (Å²) < 4.78 is 42.8. The molecule has 4 fully saturated rings. The maximum absolute atomic E-state index is 15.5. The second kappa shape index (κ2) is 32.6. The number of amides is 1. The van der Waals surface area contributed by atoms with E-state index in [1.807, 2.05) is 31.1 Å². The molecule has 7 aromatic rings. The minimum absolute atomic E-state index is 0.00289. The van der Waals surface area contributed by atoms with Crippen molar-refractivity contribution >= 4 is 75.8 Å². The number of ether oxygens (including phenoxy) is 7. The second-order valence-electron chi connectivity index (χ2n) is 27.3. The van der Waals surface area contributed by atoms with Crippen molar-refractivity contribution in [3.8, 4) is 5.75 Å². The number of rotatable bonds is 20. The Morgan fingerprint density at radius 3 is 1.95 bits per heavy atom. The summed E-state index contributed by atoms with van der Waals surface area (Å²) in [4.78, 5) is 104. The number of carbonyl (C=O) groups is 7. The highest BCUT2D eigenvalue weighted by Crippen LogP contribution is 2.64. The van der Waals surface area contributed by atoms with E-state index in [0.717, 1.165) is 43.3 Å². The van der Waals surface area contributed by atoms with Gasteiger partial charge in [-0.15, -0.1) is 0 Å². The number of para-hydroxylation sites is 2. The number of likely N-dealkylation sites (tertiary alicyclic amines) is 1. The van der Waals surface area contributed by atoms with E-state index in [-0.39, 0.29) is 47.9 Å². The van der Waals surface area contributed by atoms with Crippen molar-refractivity contribution in [2.45, 2.75) is 134 Å². The first-order chi connectivity index (χ1) is 48.6. The molecule has 22 nitrogen and oxygen atoms in total. The van der Waals surface area contributed by atoms with E-state index in [1.165, 1.54) is 63.0 Å². The Morgan fingerprint density at radius 1 is 0.755 bits per heavy atom. The van der Waals surface area contributed by atoms with Crippen LogP contribution in [-0.4, -0.2) is 178 Å². The molecule has 3 aliphatic carbocycles. The fourth-order valence-electron chi connectivity index (χ4n) is 14.6. The molecule has 0 spiro atoms. The Kier molecular flexibility index (Phi) is 24.3. The third-order valence-electron chi connectivity index (χ3n) is 20.0. The largest absolute Gasteiger partial charge is 0.482 e. The predicted octanol–water partition coefficient (Wildman–Crippen LogP) is 9.89. The highest BCUT2D eigenvalue weighted by Gasteiger charge is 2.78. The number of carbonyl (C=O) groups excluding carboxylic acids is 7. The molecule has 2 saturated heterocycles. The zero-order valence-electron chi connectivity index (χ0n) is 58.3. The van der Waals surface area contributed by atoms with Gasteiger partial charge in [-0.3, -0.25) is 24.1 Å². The second-order valence-corrected chi connectivity index (χ2v) is 28.2. The van der Waals surface area contributed by atoms with Crippen molar-refractivity contribution < 1.29 is 82.0 Å². The van der Waals surface area contributed by atoms with Crippen LogP contribution in [0.1, 0.15) is 111 Å². The topological polar surface area (TPSA) is 281 Å². The minimum Gasteiger partial charge on any atom is -0.482 e. The number of hydrogen-bond donors (Lipinski definition) is 4. The van der Waals surface area contributed by atoms with Crippen LogP contribution in [0.4, 0.5) is 0 Å². The summed E-state index contributed by atoms with van der Waals surface area (Å²) in [6.07, 6.45) is -7.91. The molecule has 102 heavy (non-hydrogen) atoms. The van der Waals surface area contributed by atoms with E-state index in [0.29, 0.717) is 29.5 Å². The van der Waals surface area contributed by atoms with Crippen LogP contribution < -0.4 is 10.1 Å². The van der Waals surface area contributed by atoms with Gasteiger partial charge >= 0.3 is 29.8 Å². The molecule has 11 atom stereocenters.